The van der Waals surface area contributed by atoms with Gasteiger partial charge in [-0.15, -0.1) is 11.8 Å². The van der Waals surface area contributed by atoms with Crippen LogP contribution < -0.4 is 9.64 Å². The third-order valence-corrected chi connectivity index (χ3v) is 8.54. The fourth-order valence-corrected chi connectivity index (χ4v) is 6.11. The minimum Gasteiger partial charge on any atom is -0.494 e. The maximum atomic E-state index is 13.4. The highest BCUT2D eigenvalue weighted by Gasteiger charge is 2.22. The van der Waals surface area contributed by atoms with Gasteiger partial charge in [0.2, 0.25) is 5.91 Å². The molecule has 0 radical (unpaired) electrons. The van der Waals surface area contributed by atoms with Crippen LogP contribution in [0.2, 0.25) is 0 Å². The van der Waals surface area contributed by atoms with Gasteiger partial charge in [-0.2, -0.15) is 0 Å². The number of anilines is 1. The number of aromatic nitrogens is 1. The first kappa shape index (κ1) is 25.9. The molecule has 35 heavy (non-hydrogen) atoms. The lowest BCUT2D eigenvalue weighted by atomic mass is 10.2. The summed E-state index contributed by atoms with van der Waals surface area (Å²) >= 11 is 3.40. The van der Waals surface area contributed by atoms with E-state index in [0.717, 1.165) is 78.1 Å². The summed E-state index contributed by atoms with van der Waals surface area (Å²) in [6.07, 6.45) is 2.27. The number of methoxy groups -OCH3 is 1. The number of ether oxygens (including phenoxy) is 2. The van der Waals surface area contributed by atoms with Crippen molar-refractivity contribution in [2.24, 2.45) is 0 Å². The maximum absolute atomic E-state index is 13.4. The van der Waals surface area contributed by atoms with Crippen LogP contribution in [0.15, 0.2) is 41.3 Å². The fraction of sp³-hybridized carbons (Fsp3) is 0.481. The van der Waals surface area contributed by atoms with E-state index < -0.39 is 0 Å². The van der Waals surface area contributed by atoms with Gasteiger partial charge in [0.05, 0.1) is 25.0 Å². The molecule has 0 aliphatic carbocycles. The Labute approximate surface area is 216 Å². The van der Waals surface area contributed by atoms with Crippen molar-refractivity contribution in [3.63, 3.8) is 0 Å². The smallest absolute Gasteiger partial charge is 0.228 e. The molecule has 4 rings (SSSR count). The normalized spacial score (nSPS) is 14.4. The van der Waals surface area contributed by atoms with Gasteiger partial charge >= 0.3 is 0 Å². The zero-order valence-corrected chi connectivity index (χ0v) is 22.6. The molecule has 0 N–H and O–H groups in total. The van der Waals surface area contributed by atoms with Crippen molar-refractivity contribution in [3.05, 3.63) is 47.5 Å². The van der Waals surface area contributed by atoms with Crippen LogP contribution in [0.4, 0.5) is 5.13 Å². The van der Waals surface area contributed by atoms with Gasteiger partial charge in [-0.05, 0) is 56.2 Å². The van der Waals surface area contributed by atoms with E-state index in [9.17, 15) is 4.79 Å². The summed E-state index contributed by atoms with van der Waals surface area (Å²) in [5.41, 5.74) is 3.26. The predicted octanol–water partition coefficient (Wildman–Crippen LogP) is 5.55. The molecule has 2 aromatic carbocycles. The standard InChI is InChI=1S/C27H35N3O3S2/c1-20-7-10-22(11-8-20)34-19-4-6-24(31)30(14-5-13-29-15-17-33-18-16-29)27-28-25-23(32-3)12-9-21(2)26(25)35-27/h7-12H,4-6,13-19H2,1-3H3. The van der Waals surface area contributed by atoms with Crippen LogP contribution in [0.25, 0.3) is 10.2 Å². The Morgan fingerprint density at radius 2 is 1.91 bits per heavy atom. The van der Waals surface area contributed by atoms with Crippen LogP contribution in [0.1, 0.15) is 30.4 Å². The number of rotatable bonds is 11. The molecular formula is C27H35N3O3S2. The van der Waals surface area contributed by atoms with Crippen molar-refractivity contribution in [1.29, 1.82) is 0 Å². The number of carbonyl (C=O) groups is 1. The number of aryl methyl sites for hydroxylation is 2. The van der Waals surface area contributed by atoms with Crippen LogP contribution in [0.5, 0.6) is 5.75 Å². The molecule has 1 amide bonds. The van der Waals surface area contributed by atoms with Gasteiger partial charge < -0.3 is 9.47 Å². The molecule has 0 spiro atoms. The molecule has 8 heteroatoms. The number of thioether (sulfide) groups is 1. The Balaban J connectivity index is 1.43. The third kappa shape index (κ3) is 6.97. The molecule has 188 valence electrons. The molecule has 1 fully saturated rings. The van der Waals surface area contributed by atoms with Crippen molar-refractivity contribution in [3.8, 4) is 5.75 Å². The predicted molar refractivity (Wildman–Crippen MR) is 146 cm³/mol. The van der Waals surface area contributed by atoms with Crippen LogP contribution in [-0.4, -0.2) is 68.0 Å². The quantitative estimate of drug-likeness (QED) is 0.248. The molecule has 1 aliphatic rings. The van der Waals surface area contributed by atoms with E-state index in [2.05, 4.69) is 49.1 Å². The third-order valence-electron chi connectivity index (χ3n) is 6.23. The zero-order valence-electron chi connectivity index (χ0n) is 20.9. The van der Waals surface area contributed by atoms with Crippen LogP contribution >= 0.6 is 23.1 Å². The van der Waals surface area contributed by atoms with Crippen LogP contribution in [0.3, 0.4) is 0 Å². The van der Waals surface area contributed by atoms with Gasteiger partial charge in [0, 0.05) is 37.5 Å². The van der Waals surface area contributed by atoms with E-state index in [1.165, 1.54) is 10.5 Å². The van der Waals surface area contributed by atoms with E-state index >= 15 is 0 Å². The molecule has 0 bridgehead atoms. The van der Waals surface area contributed by atoms with Gasteiger partial charge in [-0.1, -0.05) is 35.1 Å². The van der Waals surface area contributed by atoms with Crippen molar-refractivity contribution < 1.29 is 14.3 Å². The summed E-state index contributed by atoms with van der Waals surface area (Å²) in [6.45, 7) is 9.31. The molecule has 6 nitrogen and oxygen atoms in total. The van der Waals surface area contributed by atoms with Crippen molar-refractivity contribution in [1.82, 2.24) is 9.88 Å². The first-order chi connectivity index (χ1) is 17.0. The molecule has 0 atom stereocenters. The number of hydrogen-bond acceptors (Lipinski definition) is 7. The Morgan fingerprint density at radius 3 is 2.66 bits per heavy atom. The number of benzene rings is 2. The molecule has 1 aliphatic heterocycles. The summed E-state index contributed by atoms with van der Waals surface area (Å²) in [7, 11) is 1.67. The summed E-state index contributed by atoms with van der Waals surface area (Å²) in [5.74, 6) is 1.82. The lowest BCUT2D eigenvalue weighted by Gasteiger charge is -2.27. The van der Waals surface area contributed by atoms with E-state index in [1.807, 2.05) is 22.7 Å². The largest absolute Gasteiger partial charge is 0.494 e. The number of nitrogens with zero attached hydrogens (tertiary/aromatic N) is 3. The first-order valence-electron chi connectivity index (χ1n) is 12.3. The minimum absolute atomic E-state index is 0.146. The topological polar surface area (TPSA) is 54.9 Å². The second-order valence-corrected chi connectivity index (χ2v) is 11.0. The Bertz CT molecular complexity index is 1110. The summed E-state index contributed by atoms with van der Waals surface area (Å²) in [5, 5.41) is 0.769. The maximum Gasteiger partial charge on any atom is 0.228 e. The highest BCUT2D eigenvalue weighted by molar-refractivity contribution is 7.99. The minimum atomic E-state index is 0.146. The lowest BCUT2D eigenvalue weighted by molar-refractivity contribution is -0.118. The van der Waals surface area contributed by atoms with Crippen molar-refractivity contribution in [2.45, 2.75) is 38.0 Å². The zero-order chi connectivity index (χ0) is 24.6. The van der Waals surface area contributed by atoms with Gasteiger partial charge in [-0.25, -0.2) is 4.98 Å². The van der Waals surface area contributed by atoms with Crippen LogP contribution in [0, 0.1) is 13.8 Å². The van der Waals surface area contributed by atoms with E-state index in [1.54, 1.807) is 18.4 Å². The number of carbonyl (C=O) groups excluding carboxylic acids is 1. The number of hydrogen-bond donors (Lipinski definition) is 0. The molecule has 0 unspecified atom stereocenters. The second-order valence-electron chi connectivity index (χ2n) is 8.88. The van der Waals surface area contributed by atoms with E-state index in [-0.39, 0.29) is 5.91 Å². The highest BCUT2D eigenvalue weighted by atomic mass is 32.2. The Hall–Kier alpha value is -2.13. The molecule has 1 saturated heterocycles. The monoisotopic (exact) mass is 513 g/mol. The van der Waals surface area contributed by atoms with Gasteiger partial charge in [0.25, 0.3) is 0 Å². The molecule has 2 heterocycles. The summed E-state index contributed by atoms with van der Waals surface area (Å²) < 4.78 is 12.1. The van der Waals surface area contributed by atoms with E-state index in [4.69, 9.17) is 14.5 Å². The Morgan fingerprint density at radius 1 is 1.14 bits per heavy atom. The molecular weight excluding hydrogens is 478 g/mol. The lowest BCUT2D eigenvalue weighted by Crippen LogP contribution is -2.39. The van der Waals surface area contributed by atoms with E-state index in [0.29, 0.717) is 13.0 Å². The number of amides is 1. The molecule has 1 aromatic heterocycles. The van der Waals surface area contributed by atoms with Gasteiger partial charge in [0.15, 0.2) is 5.13 Å². The second kappa shape index (κ2) is 12.7. The molecule has 3 aromatic rings. The van der Waals surface area contributed by atoms with Crippen LogP contribution in [-0.2, 0) is 9.53 Å². The number of thiazole rings is 1. The Kier molecular flexibility index (Phi) is 9.43. The first-order valence-corrected chi connectivity index (χ1v) is 14.1. The summed E-state index contributed by atoms with van der Waals surface area (Å²) in [6, 6.07) is 12.6. The van der Waals surface area contributed by atoms with Gasteiger partial charge in [0.1, 0.15) is 11.3 Å². The fourth-order valence-electron chi connectivity index (χ4n) is 4.17. The average Bonchev–Trinajstić information content (AvgIpc) is 3.32. The average molecular weight is 514 g/mol. The number of morpholine rings is 1. The highest BCUT2D eigenvalue weighted by Crippen LogP contribution is 2.36. The SMILES string of the molecule is COc1ccc(C)c2sc(N(CCCN3CCOCC3)C(=O)CCCSc3ccc(C)cc3)nc12. The number of fused-ring (bicyclic) bond motifs is 1. The van der Waals surface area contributed by atoms with Gasteiger partial charge in [-0.3, -0.25) is 14.6 Å². The molecule has 0 saturated carbocycles. The summed E-state index contributed by atoms with van der Waals surface area (Å²) in [4.78, 5) is 23.9. The van der Waals surface area contributed by atoms with Crippen molar-refractivity contribution >= 4 is 44.4 Å². The van der Waals surface area contributed by atoms with Crippen molar-refractivity contribution in [2.75, 3.05) is 57.2 Å².